The minimum atomic E-state index is -0.872. The number of hydrazone groups is 1. The van der Waals surface area contributed by atoms with Crippen LogP contribution in [0.2, 0.25) is 0 Å². The molecule has 0 unspecified atom stereocenters. The summed E-state index contributed by atoms with van der Waals surface area (Å²) in [4.78, 5) is 36.1. The Morgan fingerprint density at radius 2 is 1.59 bits per heavy atom. The van der Waals surface area contributed by atoms with Crippen LogP contribution in [0.3, 0.4) is 0 Å². The zero-order valence-corrected chi connectivity index (χ0v) is 19.0. The van der Waals surface area contributed by atoms with E-state index in [0.29, 0.717) is 11.3 Å². The lowest BCUT2D eigenvalue weighted by molar-refractivity contribution is -0.139. The van der Waals surface area contributed by atoms with Crippen LogP contribution in [0, 0.1) is 13.8 Å². The highest BCUT2D eigenvalue weighted by atomic mass is 16.5. The van der Waals surface area contributed by atoms with E-state index in [2.05, 4.69) is 21.2 Å². The van der Waals surface area contributed by atoms with Crippen LogP contribution in [0.5, 0.6) is 5.75 Å². The van der Waals surface area contributed by atoms with Crippen molar-refractivity contribution < 1.29 is 19.1 Å². The van der Waals surface area contributed by atoms with Crippen molar-refractivity contribution in [2.24, 2.45) is 5.10 Å². The molecular formula is C26H26N4O4. The number of hydrogen-bond donors (Lipinski definition) is 3. The van der Waals surface area contributed by atoms with E-state index in [-0.39, 0.29) is 19.1 Å². The number of carbonyl (C=O) groups excluding carboxylic acids is 3. The van der Waals surface area contributed by atoms with Crippen molar-refractivity contribution in [2.75, 3.05) is 11.9 Å². The van der Waals surface area contributed by atoms with Crippen molar-refractivity contribution in [1.82, 2.24) is 10.7 Å². The molecule has 0 aromatic heterocycles. The number of nitrogens with one attached hydrogen (secondary N) is 3. The smallest absolute Gasteiger partial charge is 0.329 e. The van der Waals surface area contributed by atoms with E-state index in [9.17, 15) is 14.4 Å². The lowest BCUT2D eigenvalue weighted by Crippen LogP contribution is -2.37. The number of rotatable bonds is 8. The Labute approximate surface area is 198 Å². The molecule has 34 heavy (non-hydrogen) atoms. The van der Waals surface area contributed by atoms with Gasteiger partial charge in [0.2, 0.25) is 0 Å². The van der Waals surface area contributed by atoms with E-state index in [1.807, 2.05) is 62.4 Å². The third kappa shape index (κ3) is 7.30. The number of carbonyl (C=O) groups is 3. The highest BCUT2D eigenvalue weighted by Crippen LogP contribution is 2.19. The van der Waals surface area contributed by atoms with Gasteiger partial charge in [-0.05, 0) is 48.2 Å². The minimum Gasteiger partial charge on any atom is -0.484 e. The summed E-state index contributed by atoms with van der Waals surface area (Å²) in [6, 6.07) is 21.9. The highest BCUT2D eigenvalue weighted by molar-refractivity contribution is 6.35. The van der Waals surface area contributed by atoms with Crippen LogP contribution in [0.25, 0.3) is 0 Å². The number of aryl methyl sites for hydroxylation is 2. The predicted molar refractivity (Wildman–Crippen MR) is 131 cm³/mol. The van der Waals surface area contributed by atoms with E-state index >= 15 is 0 Å². The molecule has 0 fully saturated rings. The highest BCUT2D eigenvalue weighted by Gasteiger charge is 2.12. The molecule has 0 saturated heterocycles. The first kappa shape index (κ1) is 24.2. The SMILES string of the molecule is Cc1cccc(C)c1NC(=O)COc1cccc(C=NNC(=O)C(=O)NCc2ccccc2)c1. The maximum atomic E-state index is 12.3. The van der Waals surface area contributed by atoms with Gasteiger partial charge in [-0.3, -0.25) is 14.4 Å². The molecule has 8 heteroatoms. The maximum Gasteiger partial charge on any atom is 0.329 e. The van der Waals surface area contributed by atoms with Gasteiger partial charge in [0.1, 0.15) is 5.75 Å². The fourth-order valence-corrected chi connectivity index (χ4v) is 3.10. The number of hydrogen-bond acceptors (Lipinski definition) is 5. The number of ether oxygens (including phenoxy) is 1. The van der Waals surface area contributed by atoms with E-state index in [0.717, 1.165) is 22.4 Å². The molecule has 0 atom stereocenters. The first-order valence-electron chi connectivity index (χ1n) is 10.7. The topological polar surface area (TPSA) is 109 Å². The minimum absolute atomic E-state index is 0.160. The van der Waals surface area contributed by atoms with Crippen LogP contribution in [0.4, 0.5) is 5.69 Å². The Hall–Kier alpha value is -4.46. The summed E-state index contributed by atoms with van der Waals surface area (Å²) in [7, 11) is 0. The number of nitrogens with zero attached hydrogens (tertiary/aromatic N) is 1. The molecule has 0 aliphatic heterocycles. The van der Waals surface area contributed by atoms with Crippen molar-refractivity contribution in [2.45, 2.75) is 20.4 Å². The molecule has 8 nitrogen and oxygen atoms in total. The van der Waals surface area contributed by atoms with Gasteiger partial charge >= 0.3 is 11.8 Å². The van der Waals surface area contributed by atoms with E-state index in [4.69, 9.17) is 4.74 Å². The Morgan fingerprint density at radius 1 is 0.882 bits per heavy atom. The molecule has 0 aliphatic carbocycles. The number of anilines is 1. The van der Waals surface area contributed by atoms with Gasteiger partial charge < -0.3 is 15.4 Å². The molecule has 0 heterocycles. The number of para-hydroxylation sites is 1. The van der Waals surface area contributed by atoms with Gasteiger partial charge in [-0.2, -0.15) is 5.10 Å². The quantitative estimate of drug-likeness (QED) is 0.274. The van der Waals surface area contributed by atoms with Gasteiger partial charge in [0.05, 0.1) is 6.21 Å². The zero-order valence-electron chi connectivity index (χ0n) is 19.0. The summed E-state index contributed by atoms with van der Waals surface area (Å²) >= 11 is 0. The number of amides is 3. The van der Waals surface area contributed by atoms with Crippen LogP contribution >= 0.6 is 0 Å². The van der Waals surface area contributed by atoms with Crippen molar-refractivity contribution in [3.63, 3.8) is 0 Å². The van der Waals surface area contributed by atoms with Crippen molar-refractivity contribution in [1.29, 1.82) is 0 Å². The molecule has 3 rings (SSSR count). The van der Waals surface area contributed by atoms with Gasteiger partial charge in [-0.25, -0.2) is 5.43 Å². The van der Waals surface area contributed by atoms with Gasteiger partial charge in [-0.1, -0.05) is 60.7 Å². The predicted octanol–water partition coefficient (Wildman–Crippen LogP) is 3.09. The van der Waals surface area contributed by atoms with Crippen LogP contribution in [-0.4, -0.2) is 30.5 Å². The molecule has 0 aliphatic rings. The Morgan fingerprint density at radius 3 is 2.32 bits per heavy atom. The van der Waals surface area contributed by atoms with Gasteiger partial charge in [0.25, 0.3) is 5.91 Å². The normalized spacial score (nSPS) is 10.5. The van der Waals surface area contributed by atoms with Crippen LogP contribution < -0.4 is 20.8 Å². The van der Waals surface area contributed by atoms with E-state index in [1.54, 1.807) is 24.3 Å². The third-order valence-electron chi connectivity index (χ3n) is 4.86. The largest absolute Gasteiger partial charge is 0.484 e. The summed E-state index contributed by atoms with van der Waals surface area (Å²) in [6.07, 6.45) is 1.38. The first-order chi connectivity index (χ1) is 16.4. The zero-order chi connectivity index (χ0) is 24.3. The van der Waals surface area contributed by atoms with Crippen molar-refractivity contribution in [3.8, 4) is 5.75 Å². The summed E-state index contributed by atoms with van der Waals surface area (Å²) < 4.78 is 5.57. The molecule has 3 N–H and O–H groups in total. The molecule has 174 valence electrons. The lowest BCUT2D eigenvalue weighted by atomic mass is 10.1. The molecular weight excluding hydrogens is 432 g/mol. The molecule has 0 bridgehead atoms. The monoisotopic (exact) mass is 458 g/mol. The average Bonchev–Trinajstić information content (AvgIpc) is 2.84. The summed E-state index contributed by atoms with van der Waals surface area (Å²) in [6.45, 7) is 3.94. The van der Waals surface area contributed by atoms with E-state index < -0.39 is 11.8 Å². The van der Waals surface area contributed by atoms with Crippen LogP contribution in [0.15, 0.2) is 77.9 Å². The van der Waals surface area contributed by atoms with Gasteiger partial charge in [-0.15, -0.1) is 0 Å². The van der Waals surface area contributed by atoms with E-state index in [1.165, 1.54) is 6.21 Å². The molecule has 0 saturated carbocycles. The Balaban J connectivity index is 1.46. The summed E-state index contributed by atoms with van der Waals surface area (Å²) in [5.41, 5.74) is 6.42. The molecule has 3 amide bonds. The second-order valence-corrected chi connectivity index (χ2v) is 7.54. The third-order valence-corrected chi connectivity index (χ3v) is 4.86. The van der Waals surface area contributed by atoms with Crippen molar-refractivity contribution in [3.05, 3.63) is 95.1 Å². The van der Waals surface area contributed by atoms with Gasteiger partial charge in [0, 0.05) is 12.2 Å². The molecule has 0 radical (unpaired) electrons. The first-order valence-corrected chi connectivity index (χ1v) is 10.7. The fraction of sp³-hybridized carbons (Fsp3) is 0.154. The standard InChI is InChI=1S/C26H26N4O4/c1-18-8-6-9-19(2)24(18)29-23(31)17-34-22-13-7-12-21(14-22)16-28-30-26(33)25(32)27-15-20-10-4-3-5-11-20/h3-14,16H,15,17H2,1-2H3,(H,27,32)(H,29,31)(H,30,33). The van der Waals surface area contributed by atoms with Crippen LogP contribution in [0.1, 0.15) is 22.3 Å². The number of benzene rings is 3. The van der Waals surface area contributed by atoms with Crippen molar-refractivity contribution >= 4 is 29.6 Å². The second-order valence-electron chi connectivity index (χ2n) is 7.54. The van der Waals surface area contributed by atoms with Crippen LogP contribution in [-0.2, 0) is 20.9 Å². The average molecular weight is 459 g/mol. The summed E-state index contributed by atoms with van der Waals surface area (Å²) in [5, 5.41) is 9.20. The Kier molecular flexibility index (Phi) is 8.51. The molecule has 3 aromatic carbocycles. The molecule has 3 aromatic rings. The fourth-order valence-electron chi connectivity index (χ4n) is 3.10. The second kappa shape index (κ2) is 12.0. The summed E-state index contributed by atoms with van der Waals surface area (Å²) in [5.74, 6) is -1.46. The molecule has 0 spiro atoms. The lowest BCUT2D eigenvalue weighted by Gasteiger charge is -2.12. The Bertz CT molecular complexity index is 1170. The maximum absolute atomic E-state index is 12.3. The van der Waals surface area contributed by atoms with Gasteiger partial charge in [0.15, 0.2) is 6.61 Å².